The molecule has 0 unspecified atom stereocenters. The number of fused-ring (bicyclic) bond motifs is 3. The van der Waals surface area contributed by atoms with Crippen LogP contribution in [0.3, 0.4) is 0 Å². The van der Waals surface area contributed by atoms with E-state index in [1.807, 2.05) is 37.3 Å². The summed E-state index contributed by atoms with van der Waals surface area (Å²) in [7, 11) is 0. The number of benzene rings is 2. The fraction of sp³-hybridized carbons (Fsp3) is 0.111. The molecule has 0 spiro atoms. The number of nitrogens with zero attached hydrogens (tertiary/aromatic N) is 2. The van der Waals surface area contributed by atoms with Crippen LogP contribution in [0.5, 0.6) is 0 Å². The lowest BCUT2D eigenvalue weighted by atomic mass is 10.2. The molecule has 0 radical (unpaired) electrons. The van der Waals surface area contributed by atoms with Gasteiger partial charge in [0.25, 0.3) is 0 Å². The van der Waals surface area contributed by atoms with Gasteiger partial charge in [0.1, 0.15) is 16.9 Å². The fourth-order valence-electron chi connectivity index (χ4n) is 2.60. The molecule has 0 atom stereocenters. The number of rotatable bonds is 3. The quantitative estimate of drug-likeness (QED) is 0.489. The molecule has 4 nitrogen and oxygen atoms in total. The second-order valence-corrected chi connectivity index (χ2v) is 6.21. The Hall–Kier alpha value is -2.30. The van der Waals surface area contributed by atoms with Crippen molar-refractivity contribution in [1.29, 1.82) is 0 Å². The third kappa shape index (κ3) is 2.58. The zero-order valence-corrected chi connectivity index (χ0v) is 14.3. The lowest BCUT2D eigenvalue weighted by molar-refractivity contribution is 0.666. The molecule has 0 aliphatic rings. The Kier molecular flexibility index (Phi) is 3.79. The maximum atomic E-state index is 6.26. The van der Waals surface area contributed by atoms with Gasteiger partial charge in [-0.2, -0.15) is 0 Å². The van der Waals surface area contributed by atoms with E-state index in [1.54, 1.807) is 12.1 Å². The van der Waals surface area contributed by atoms with Crippen molar-refractivity contribution in [2.75, 3.05) is 5.32 Å². The average Bonchev–Trinajstić information content (AvgIpc) is 2.96. The van der Waals surface area contributed by atoms with Gasteiger partial charge in [-0.05, 0) is 30.3 Å². The average molecular weight is 358 g/mol. The van der Waals surface area contributed by atoms with Crippen molar-refractivity contribution < 1.29 is 4.42 Å². The molecule has 1 N–H and O–H groups in total. The maximum Gasteiger partial charge on any atom is 0.196 e. The number of hydrogen-bond acceptors (Lipinski definition) is 4. The van der Waals surface area contributed by atoms with Gasteiger partial charge in [0.05, 0.1) is 10.7 Å². The summed E-state index contributed by atoms with van der Waals surface area (Å²) in [5, 5.41) is 5.31. The van der Waals surface area contributed by atoms with E-state index in [4.69, 9.17) is 27.6 Å². The summed E-state index contributed by atoms with van der Waals surface area (Å²) >= 11 is 12.2. The normalized spacial score (nSPS) is 11.3. The van der Waals surface area contributed by atoms with Crippen LogP contribution in [0.25, 0.3) is 22.1 Å². The van der Waals surface area contributed by atoms with E-state index in [0.29, 0.717) is 27.1 Å². The standard InChI is InChI=1S/C18H13Cl2N3O/c1-2-15-22-16-11-5-3-4-6-14(11)24-17(16)18(23-15)21-13-8-7-10(19)9-12(13)20/h3-9H,2H2,1H3,(H,21,22,23). The van der Waals surface area contributed by atoms with Crippen molar-refractivity contribution in [2.45, 2.75) is 13.3 Å². The van der Waals surface area contributed by atoms with Gasteiger partial charge in [-0.3, -0.25) is 0 Å². The largest absolute Gasteiger partial charge is 0.450 e. The molecule has 24 heavy (non-hydrogen) atoms. The topological polar surface area (TPSA) is 51.0 Å². The van der Waals surface area contributed by atoms with E-state index in [0.717, 1.165) is 28.7 Å². The third-order valence-electron chi connectivity index (χ3n) is 3.77. The molecule has 6 heteroatoms. The van der Waals surface area contributed by atoms with Crippen LogP contribution < -0.4 is 5.32 Å². The number of anilines is 2. The Morgan fingerprint density at radius 2 is 1.92 bits per heavy atom. The first-order valence-corrected chi connectivity index (χ1v) is 8.31. The van der Waals surface area contributed by atoms with Crippen molar-refractivity contribution in [2.24, 2.45) is 0 Å². The number of hydrogen-bond donors (Lipinski definition) is 1. The molecule has 0 saturated heterocycles. The molecule has 0 fully saturated rings. The molecule has 0 aliphatic carbocycles. The summed E-state index contributed by atoms with van der Waals surface area (Å²) in [6.45, 7) is 2.02. The minimum absolute atomic E-state index is 0.517. The molecule has 2 aromatic carbocycles. The highest BCUT2D eigenvalue weighted by atomic mass is 35.5. The van der Waals surface area contributed by atoms with Crippen LogP contribution in [0.2, 0.25) is 10.0 Å². The van der Waals surface area contributed by atoms with Crippen LogP contribution in [0, 0.1) is 0 Å². The van der Waals surface area contributed by atoms with Gasteiger partial charge in [-0.25, -0.2) is 9.97 Å². The SMILES string of the molecule is CCc1nc(Nc2ccc(Cl)cc2Cl)c2oc3ccccc3c2n1. The highest BCUT2D eigenvalue weighted by Crippen LogP contribution is 2.34. The van der Waals surface area contributed by atoms with Crippen LogP contribution in [0.15, 0.2) is 46.9 Å². The maximum absolute atomic E-state index is 6.26. The number of furan rings is 1. The monoisotopic (exact) mass is 357 g/mol. The zero-order valence-electron chi connectivity index (χ0n) is 12.8. The minimum Gasteiger partial charge on any atom is -0.450 e. The van der Waals surface area contributed by atoms with Gasteiger partial charge >= 0.3 is 0 Å². The van der Waals surface area contributed by atoms with Gasteiger partial charge in [0.2, 0.25) is 0 Å². The lowest BCUT2D eigenvalue weighted by Gasteiger charge is -2.09. The molecular weight excluding hydrogens is 345 g/mol. The zero-order chi connectivity index (χ0) is 16.7. The van der Waals surface area contributed by atoms with E-state index in [1.165, 1.54) is 0 Å². The Morgan fingerprint density at radius 3 is 2.71 bits per heavy atom. The van der Waals surface area contributed by atoms with Gasteiger partial charge < -0.3 is 9.73 Å². The first-order valence-electron chi connectivity index (χ1n) is 7.56. The Bertz CT molecular complexity index is 1060. The molecular formula is C18H13Cl2N3O. The Labute approximate surface area is 148 Å². The van der Waals surface area contributed by atoms with E-state index >= 15 is 0 Å². The molecule has 0 saturated carbocycles. The summed E-state index contributed by atoms with van der Waals surface area (Å²) in [5.41, 5.74) is 2.90. The lowest BCUT2D eigenvalue weighted by Crippen LogP contribution is -2.00. The van der Waals surface area contributed by atoms with E-state index in [-0.39, 0.29) is 0 Å². The van der Waals surface area contributed by atoms with Crippen LogP contribution in [0.4, 0.5) is 11.5 Å². The first-order chi connectivity index (χ1) is 11.7. The molecule has 120 valence electrons. The fourth-order valence-corrected chi connectivity index (χ4v) is 3.05. The second kappa shape index (κ2) is 5.96. The molecule has 2 heterocycles. The van der Waals surface area contributed by atoms with Crippen LogP contribution in [-0.4, -0.2) is 9.97 Å². The van der Waals surface area contributed by atoms with E-state index < -0.39 is 0 Å². The number of aromatic nitrogens is 2. The number of para-hydroxylation sites is 1. The van der Waals surface area contributed by atoms with Crippen LogP contribution in [0.1, 0.15) is 12.7 Å². The highest BCUT2D eigenvalue weighted by molar-refractivity contribution is 6.36. The van der Waals surface area contributed by atoms with E-state index in [9.17, 15) is 0 Å². The van der Waals surface area contributed by atoms with Crippen molar-refractivity contribution in [1.82, 2.24) is 9.97 Å². The summed E-state index contributed by atoms with van der Waals surface area (Å²) in [6.07, 6.45) is 0.721. The summed E-state index contributed by atoms with van der Waals surface area (Å²) in [6, 6.07) is 13.1. The molecule has 4 aromatic rings. The number of nitrogens with one attached hydrogen (secondary N) is 1. The number of halogens is 2. The van der Waals surface area contributed by atoms with Gasteiger partial charge in [-0.15, -0.1) is 0 Å². The van der Waals surface area contributed by atoms with Gasteiger partial charge in [-0.1, -0.05) is 42.3 Å². The Balaban J connectivity index is 1.93. The van der Waals surface area contributed by atoms with Crippen LogP contribution >= 0.6 is 23.2 Å². The van der Waals surface area contributed by atoms with Crippen LogP contribution in [-0.2, 0) is 6.42 Å². The molecule has 4 rings (SSSR count). The first kappa shape index (κ1) is 15.2. The van der Waals surface area contributed by atoms with E-state index in [2.05, 4.69) is 15.3 Å². The van der Waals surface area contributed by atoms with Crippen molar-refractivity contribution >= 4 is 56.8 Å². The highest BCUT2D eigenvalue weighted by Gasteiger charge is 2.16. The predicted octanol–water partition coefficient (Wildman–Crippen LogP) is 5.99. The molecule has 2 aromatic heterocycles. The smallest absolute Gasteiger partial charge is 0.196 e. The molecule has 0 amide bonds. The summed E-state index contributed by atoms with van der Waals surface area (Å²) in [5.74, 6) is 1.33. The Morgan fingerprint density at radius 1 is 1.08 bits per heavy atom. The minimum atomic E-state index is 0.517. The molecule has 0 aliphatic heterocycles. The second-order valence-electron chi connectivity index (χ2n) is 5.37. The number of aryl methyl sites for hydroxylation is 1. The summed E-state index contributed by atoms with van der Waals surface area (Å²) in [4.78, 5) is 9.19. The van der Waals surface area contributed by atoms with Gasteiger partial charge in [0, 0.05) is 16.8 Å². The third-order valence-corrected chi connectivity index (χ3v) is 4.31. The summed E-state index contributed by atoms with van der Waals surface area (Å²) < 4.78 is 5.96. The van der Waals surface area contributed by atoms with Crippen molar-refractivity contribution in [3.05, 3.63) is 58.3 Å². The molecule has 0 bridgehead atoms. The predicted molar refractivity (Wildman–Crippen MR) is 98.4 cm³/mol. The van der Waals surface area contributed by atoms with Gasteiger partial charge in [0.15, 0.2) is 11.4 Å². The van der Waals surface area contributed by atoms with Crippen molar-refractivity contribution in [3.8, 4) is 0 Å². The van der Waals surface area contributed by atoms with Crippen molar-refractivity contribution in [3.63, 3.8) is 0 Å².